The molecule has 1 heterocycles. The molecule has 0 saturated carbocycles. The number of aromatic hydroxyl groups is 1. The van der Waals surface area contributed by atoms with Gasteiger partial charge in [-0.25, -0.2) is 9.59 Å². The molecule has 0 spiro atoms. The molecule has 1 unspecified atom stereocenters. The van der Waals surface area contributed by atoms with Crippen molar-refractivity contribution >= 4 is 12.1 Å². The number of benzene rings is 1. The van der Waals surface area contributed by atoms with Crippen LogP contribution in [0.1, 0.15) is 18.4 Å². The van der Waals surface area contributed by atoms with Gasteiger partial charge in [-0.05, 0) is 30.5 Å². The predicted octanol–water partition coefficient (Wildman–Crippen LogP) is 2.18. The molecule has 1 atom stereocenters. The van der Waals surface area contributed by atoms with Crippen LogP contribution in [0.5, 0.6) is 5.75 Å². The zero-order chi connectivity index (χ0) is 16.2. The molecule has 1 aromatic rings. The van der Waals surface area contributed by atoms with Crippen LogP contribution in [0.25, 0.3) is 0 Å². The second-order valence-corrected chi connectivity index (χ2v) is 5.30. The van der Waals surface area contributed by atoms with Gasteiger partial charge in [0.2, 0.25) is 0 Å². The van der Waals surface area contributed by atoms with Gasteiger partial charge >= 0.3 is 12.1 Å². The smallest absolute Gasteiger partial charge is 0.411 e. The minimum absolute atomic E-state index is 0.0459. The quantitative estimate of drug-likeness (QED) is 0.814. The van der Waals surface area contributed by atoms with E-state index in [1.807, 2.05) is 0 Å². The number of aliphatic carboxylic acids is 1. The molecule has 1 fully saturated rings. The Bertz CT molecular complexity index is 568. The zero-order valence-corrected chi connectivity index (χ0v) is 12.2. The van der Waals surface area contributed by atoms with Gasteiger partial charge < -0.3 is 14.9 Å². The third-order valence-corrected chi connectivity index (χ3v) is 3.86. The number of ether oxygens (including phenoxy) is 1. The SMILES string of the molecule is C=CCOC(=O)N1CCCC1(Cc1ccc(O)cc1)C(=O)O. The van der Waals surface area contributed by atoms with Crippen LogP contribution in [0.2, 0.25) is 0 Å². The van der Waals surface area contributed by atoms with E-state index < -0.39 is 17.6 Å². The third-order valence-electron chi connectivity index (χ3n) is 3.86. The van der Waals surface area contributed by atoms with Crippen LogP contribution in [0, 0.1) is 0 Å². The number of likely N-dealkylation sites (tertiary alicyclic amines) is 1. The summed E-state index contributed by atoms with van der Waals surface area (Å²) in [5.74, 6) is -0.935. The molecule has 0 radical (unpaired) electrons. The van der Waals surface area contributed by atoms with Crippen LogP contribution >= 0.6 is 0 Å². The summed E-state index contributed by atoms with van der Waals surface area (Å²) in [7, 11) is 0. The lowest BCUT2D eigenvalue weighted by Crippen LogP contribution is -2.54. The summed E-state index contributed by atoms with van der Waals surface area (Å²) in [5, 5.41) is 19.0. The molecular weight excluding hydrogens is 286 g/mol. The molecule has 1 amide bonds. The van der Waals surface area contributed by atoms with Gasteiger partial charge in [0.05, 0.1) is 0 Å². The van der Waals surface area contributed by atoms with E-state index in [9.17, 15) is 19.8 Å². The molecule has 2 N–H and O–H groups in total. The van der Waals surface area contributed by atoms with Crippen molar-refractivity contribution in [2.24, 2.45) is 0 Å². The first-order valence-electron chi connectivity index (χ1n) is 7.06. The molecule has 6 heteroatoms. The Hall–Kier alpha value is -2.50. The van der Waals surface area contributed by atoms with E-state index in [0.29, 0.717) is 19.4 Å². The summed E-state index contributed by atoms with van der Waals surface area (Å²) in [6, 6.07) is 6.32. The molecule has 1 aromatic carbocycles. The highest BCUT2D eigenvalue weighted by atomic mass is 16.6. The van der Waals surface area contributed by atoms with E-state index in [2.05, 4.69) is 6.58 Å². The Labute approximate surface area is 128 Å². The van der Waals surface area contributed by atoms with Crippen LogP contribution in [-0.4, -0.2) is 45.9 Å². The number of rotatable bonds is 5. The normalized spacial score (nSPS) is 20.6. The van der Waals surface area contributed by atoms with Gasteiger partial charge in [-0.1, -0.05) is 24.8 Å². The zero-order valence-electron chi connectivity index (χ0n) is 12.2. The van der Waals surface area contributed by atoms with Gasteiger partial charge in [-0.2, -0.15) is 0 Å². The van der Waals surface area contributed by atoms with Crippen LogP contribution < -0.4 is 0 Å². The highest BCUT2D eigenvalue weighted by Gasteiger charge is 2.50. The number of hydrogen-bond donors (Lipinski definition) is 2. The number of nitrogens with zero attached hydrogens (tertiary/aromatic N) is 1. The van der Waals surface area contributed by atoms with Crippen molar-refractivity contribution in [2.75, 3.05) is 13.2 Å². The lowest BCUT2D eigenvalue weighted by molar-refractivity contribution is -0.148. The van der Waals surface area contributed by atoms with E-state index in [4.69, 9.17) is 4.74 Å². The van der Waals surface area contributed by atoms with E-state index in [1.165, 1.54) is 23.1 Å². The summed E-state index contributed by atoms with van der Waals surface area (Å²) in [5.41, 5.74) is -0.571. The van der Waals surface area contributed by atoms with Gasteiger partial charge in [-0.15, -0.1) is 0 Å². The van der Waals surface area contributed by atoms with E-state index in [0.717, 1.165) is 5.56 Å². The van der Waals surface area contributed by atoms with E-state index in [-0.39, 0.29) is 18.8 Å². The fourth-order valence-electron chi connectivity index (χ4n) is 2.79. The largest absolute Gasteiger partial charge is 0.508 e. The summed E-state index contributed by atoms with van der Waals surface area (Å²) >= 11 is 0. The number of carboxylic acid groups (broad SMARTS) is 1. The average molecular weight is 305 g/mol. The first-order valence-corrected chi connectivity index (χ1v) is 7.06. The maximum absolute atomic E-state index is 12.1. The number of hydrogen-bond acceptors (Lipinski definition) is 4. The minimum Gasteiger partial charge on any atom is -0.508 e. The fraction of sp³-hybridized carbons (Fsp3) is 0.375. The molecule has 0 bridgehead atoms. The Morgan fingerprint density at radius 3 is 2.64 bits per heavy atom. The van der Waals surface area contributed by atoms with Crippen molar-refractivity contribution in [3.05, 3.63) is 42.5 Å². The molecule has 1 saturated heterocycles. The molecule has 0 aliphatic carbocycles. The van der Waals surface area contributed by atoms with Crippen LogP contribution in [0.4, 0.5) is 4.79 Å². The molecular formula is C16H19NO5. The lowest BCUT2D eigenvalue weighted by atomic mass is 9.88. The third kappa shape index (κ3) is 3.05. The molecule has 2 rings (SSSR count). The lowest BCUT2D eigenvalue weighted by Gasteiger charge is -2.34. The Morgan fingerprint density at radius 2 is 2.05 bits per heavy atom. The molecule has 0 aromatic heterocycles. The minimum atomic E-state index is -1.31. The Morgan fingerprint density at radius 1 is 1.36 bits per heavy atom. The monoisotopic (exact) mass is 305 g/mol. The topological polar surface area (TPSA) is 87.1 Å². The van der Waals surface area contributed by atoms with Gasteiger partial charge in [0, 0.05) is 13.0 Å². The van der Waals surface area contributed by atoms with E-state index in [1.54, 1.807) is 12.1 Å². The second-order valence-electron chi connectivity index (χ2n) is 5.30. The average Bonchev–Trinajstić information content (AvgIpc) is 2.92. The highest BCUT2D eigenvalue weighted by Crippen LogP contribution is 2.34. The number of carboxylic acids is 1. The highest BCUT2D eigenvalue weighted by molar-refractivity contribution is 5.85. The molecule has 22 heavy (non-hydrogen) atoms. The first kappa shape index (κ1) is 15.9. The molecule has 1 aliphatic rings. The number of phenolic OH excluding ortho intramolecular Hbond substituents is 1. The van der Waals surface area contributed by atoms with Crippen LogP contribution in [0.3, 0.4) is 0 Å². The second kappa shape index (κ2) is 6.51. The Kier molecular flexibility index (Phi) is 4.70. The van der Waals surface area contributed by atoms with Crippen molar-refractivity contribution in [1.29, 1.82) is 0 Å². The molecule has 1 aliphatic heterocycles. The van der Waals surface area contributed by atoms with E-state index >= 15 is 0 Å². The van der Waals surface area contributed by atoms with Gasteiger partial charge in [0.1, 0.15) is 17.9 Å². The van der Waals surface area contributed by atoms with Gasteiger partial charge in [0.25, 0.3) is 0 Å². The maximum atomic E-state index is 12.1. The number of phenols is 1. The number of carbonyl (C=O) groups is 2. The standard InChI is InChI=1S/C16H19NO5/c1-2-10-22-15(21)17-9-3-8-16(17,14(19)20)11-12-4-6-13(18)7-5-12/h2,4-7,18H,1,3,8-11H2,(H,19,20). The van der Waals surface area contributed by atoms with Crippen molar-refractivity contribution in [2.45, 2.75) is 24.8 Å². The summed E-state index contributed by atoms with van der Waals surface area (Å²) in [4.78, 5) is 25.3. The molecule has 6 nitrogen and oxygen atoms in total. The van der Waals surface area contributed by atoms with Crippen LogP contribution in [0.15, 0.2) is 36.9 Å². The van der Waals surface area contributed by atoms with Crippen LogP contribution in [-0.2, 0) is 16.0 Å². The van der Waals surface area contributed by atoms with Crippen molar-refractivity contribution < 1.29 is 24.5 Å². The predicted molar refractivity (Wildman–Crippen MR) is 79.7 cm³/mol. The molecule has 118 valence electrons. The van der Waals surface area contributed by atoms with Crippen molar-refractivity contribution in [3.63, 3.8) is 0 Å². The van der Waals surface area contributed by atoms with Crippen molar-refractivity contribution in [1.82, 2.24) is 4.90 Å². The summed E-state index contributed by atoms with van der Waals surface area (Å²) in [6.07, 6.45) is 1.95. The first-order chi connectivity index (χ1) is 10.5. The maximum Gasteiger partial charge on any atom is 0.411 e. The Balaban J connectivity index is 2.26. The van der Waals surface area contributed by atoms with Gasteiger partial charge in [-0.3, -0.25) is 4.90 Å². The number of carbonyl (C=O) groups excluding carboxylic acids is 1. The summed E-state index contributed by atoms with van der Waals surface area (Å²) < 4.78 is 5.00. The summed E-state index contributed by atoms with van der Waals surface area (Å²) in [6.45, 7) is 3.86. The fourth-order valence-corrected chi connectivity index (χ4v) is 2.79. The van der Waals surface area contributed by atoms with Gasteiger partial charge in [0.15, 0.2) is 0 Å². The van der Waals surface area contributed by atoms with Crippen molar-refractivity contribution in [3.8, 4) is 5.75 Å². The number of amides is 1.